The monoisotopic (exact) mass is 631 g/mol. The van der Waals surface area contributed by atoms with Crippen molar-refractivity contribution in [3.63, 3.8) is 0 Å². The quantitative estimate of drug-likeness (QED) is 0.198. The summed E-state index contributed by atoms with van der Waals surface area (Å²) in [6.07, 6.45) is 4.58. The van der Waals surface area contributed by atoms with Crippen molar-refractivity contribution in [3.05, 3.63) is 158 Å². The molecule has 0 atom stereocenters. The third kappa shape index (κ3) is 18.6. The number of aromatic nitrogens is 3. The predicted molar refractivity (Wildman–Crippen MR) is 206 cm³/mol. The third-order valence-corrected chi connectivity index (χ3v) is 7.41. The second kappa shape index (κ2) is 22.4. The van der Waals surface area contributed by atoms with Gasteiger partial charge in [-0.15, -0.1) is 0 Å². The Labute approximate surface area is 288 Å². The second-order valence-corrected chi connectivity index (χ2v) is 12.4. The maximum absolute atomic E-state index is 4.01. The van der Waals surface area contributed by atoms with Gasteiger partial charge in [-0.3, -0.25) is 0 Å². The highest BCUT2D eigenvalue weighted by Crippen LogP contribution is 2.10. The fourth-order valence-corrected chi connectivity index (χ4v) is 4.98. The Balaban J connectivity index is 0.000000295. The highest BCUT2D eigenvalue weighted by atomic mass is 15.0. The van der Waals surface area contributed by atoms with Gasteiger partial charge in [0.2, 0.25) is 0 Å². The molecule has 47 heavy (non-hydrogen) atoms. The molecule has 0 aliphatic rings. The zero-order valence-electron chi connectivity index (χ0n) is 31.8. The van der Waals surface area contributed by atoms with E-state index >= 15 is 0 Å². The SMILES string of the molecule is CCc1cc(C)cc(CC)c1.CCc1ccc(CC)cc1.Cc1cc(C)cc(C)c1.Cc1ccc(C)cc1.Cc1nc(C)nc(C)n1. The number of benzene rings is 4. The minimum absolute atomic E-state index is 0.792. The topological polar surface area (TPSA) is 38.7 Å². The highest BCUT2D eigenvalue weighted by Gasteiger charge is 1.94. The van der Waals surface area contributed by atoms with Gasteiger partial charge in [0.1, 0.15) is 17.5 Å². The molecule has 1 heterocycles. The Morgan fingerprint density at radius 3 is 0.809 bits per heavy atom. The van der Waals surface area contributed by atoms with Gasteiger partial charge >= 0.3 is 0 Å². The maximum atomic E-state index is 4.01. The van der Waals surface area contributed by atoms with E-state index in [1.54, 1.807) is 0 Å². The Hall–Kier alpha value is -4.11. The first-order valence-electron chi connectivity index (χ1n) is 17.2. The fourth-order valence-electron chi connectivity index (χ4n) is 4.98. The highest BCUT2D eigenvalue weighted by molar-refractivity contribution is 5.29. The predicted octanol–water partition coefficient (Wildman–Crippen LogP) is 11.6. The summed E-state index contributed by atoms with van der Waals surface area (Å²) in [7, 11) is 0. The first kappa shape index (κ1) is 40.9. The Bertz CT molecular complexity index is 1370. The summed E-state index contributed by atoms with van der Waals surface area (Å²) < 4.78 is 0. The number of rotatable bonds is 4. The number of hydrogen-bond donors (Lipinski definition) is 0. The lowest BCUT2D eigenvalue weighted by Crippen LogP contribution is -1.97. The van der Waals surface area contributed by atoms with Gasteiger partial charge in [0, 0.05) is 0 Å². The van der Waals surface area contributed by atoms with Crippen LogP contribution in [0.3, 0.4) is 0 Å². The molecule has 0 saturated carbocycles. The van der Waals surface area contributed by atoms with E-state index in [1.165, 1.54) is 55.6 Å². The van der Waals surface area contributed by atoms with E-state index in [0.717, 1.165) is 43.2 Å². The lowest BCUT2D eigenvalue weighted by atomic mass is 10.0. The van der Waals surface area contributed by atoms with Crippen LogP contribution in [-0.2, 0) is 25.7 Å². The van der Waals surface area contributed by atoms with Gasteiger partial charge in [-0.05, 0) is 110 Å². The summed E-state index contributed by atoms with van der Waals surface area (Å²) >= 11 is 0. The number of nitrogens with zero attached hydrogens (tertiary/aromatic N) is 3. The molecule has 0 fully saturated rings. The molecule has 0 saturated heterocycles. The van der Waals surface area contributed by atoms with E-state index in [4.69, 9.17) is 0 Å². The lowest BCUT2D eigenvalue weighted by Gasteiger charge is -2.02. The molecule has 5 aromatic rings. The van der Waals surface area contributed by atoms with Crippen molar-refractivity contribution in [2.75, 3.05) is 0 Å². The van der Waals surface area contributed by atoms with Gasteiger partial charge in [0.25, 0.3) is 0 Å². The summed E-state index contributed by atoms with van der Waals surface area (Å²) in [5.41, 5.74) is 13.9. The summed E-state index contributed by atoms with van der Waals surface area (Å²) in [4.78, 5) is 12.0. The molecule has 3 heteroatoms. The molecule has 0 unspecified atom stereocenters. The van der Waals surface area contributed by atoms with Gasteiger partial charge in [-0.2, -0.15) is 0 Å². The zero-order chi connectivity index (χ0) is 35.4. The summed E-state index contributed by atoms with van der Waals surface area (Å²) in [5.74, 6) is 2.38. The van der Waals surface area contributed by atoms with Crippen LogP contribution in [0.5, 0.6) is 0 Å². The van der Waals surface area contributed by atoms with Crippen molar-refractivity contribution in [1.29, 1.82) is 0 Å². The van der Waals surface area contributed by atoms with Crippen LogP contribution in [0, 0.1) is 62.3 Å². The molecule has 0 aliphatic carbocycles. The molecule has 0 spiro atoms. The van der Waals surface area contributed by atoms with Crippen molar-refractivity contribution >= 4 is 0 Å². The van der Waals surface area contributed by atoms with E-state index in [-0.39, 0.29) is 0 Å². The molecule has 0 bridgehead atoms. The van der Waals surface area contributed by atoms with E-state index < -0.39 is 0 Å². The van der Waals surface area contributed by atoms with Crippen LogP contribution >= 0.6 is 0 Å². The van der Waals surface area contributed by atoms with Gasteiger partial charge < -0.3 is 0 Å². The molecule has 252 valence electrons. The Morgan fingerprint density at radius 1 is 0.298 bits per heavy atom. The van der Waals surface area contributed by atoms with Crippen molar-refractivity contribution in [3.8, 4) is 0 Å². The van der Waals surface area contributed by atoms with Crippen LogP contribution in [-0.4, -0.2) is 15.0 Å². The lowest BCUT2D eigenvalue weighted by molar-refractivity contribution is 0.875. The van der Waals surface area contributed by atoms with E-state index in [9.17, 15) is 0 Å². The molecule has 0 N–H and O–H groups in total. The van der Waals surface area contributed by atoms with Crippen molar-refractivity contribution in [1.82, 2.24) is 15.0 Å². The van der Waals surface area contributed by atoms with Crippen LogP contribution in [0.25, 0.3) is 0 Å². The first-order valence-corrected chi connectivity index (χ1v) is 17.2. The largest absolute Gasteiger partial charge is 0.219 e. The minimum atomic E-state index is 0.792. The second-order valence-electron chi connectivity index (χ2n) is 12.4. The number of hydrogen-bond acceptors (Lipinski definition) is 3. The third-order valence-electron chi connectivity index (χ3n) is 7.41. The van der Waals surface area contributed by atoms with Crippen molar-refractivity contribution in [2.45, 2.75) is 116 Å². The summed E-state index contributed by atoms with van der Waals surface area (Å²) in [6, 6.07) is 30.7. The standard InChI is InChI=1S/C11H16.C10H14.C9H12.C8H10.C6H9N3/c1-4-10-6-9(3)7-11(5-2)8-10;1-3-9-5-7-10(4-2)8-6-9;1-7-4-8(2)6-9(3)5-7;1-7-3-5-8(2)6-4-7;1-4-7-5(2)9-6(3)8-4/h6-8H,4-5H2,1-3H3;5-8H,3-4H2,1-2H3;4-6H,1-3H3;3-6H,1-2H3;1-3H3. The van der Waals surface area contributed by atoms with Crippen molar-refractivity contribution < 1.29 is 0 Å². The van der Waals surface area contributed by atoms with Crippen molar-refractivity contribution in [2.24, 2.45) is 0 Å². The van der Waals surface area contributed by atoms with Gasteiger partial charge in [-0.25, -0.2) is 15.0 Å². The molecule has 0 aliphatic heterocycles. The average molecular weight is 632 g/mol. The smallest absolute Gasteiger partial charge is 0.129 e. The normalized spacial score (nSPS) is 9.72. The van der Waals surface area contributed by atoms with Crippen LogP contribution in [0.1, 0.15) is 101 Å². The summed E-state index contributed by atoms with van der Waals surface area (Å²) in [5, 5.41) is 0. The molecular weight excluding hydrogens is 571 g/mol. The van der Waals surface area contributed by atoms with Gasteiger partial charge in [-0.1, -0.05) is 146 Å². The maximum Gasteiger partial charge on any atom is 0.129 e. The summed E-state index contributed by atoms with van der Waals surface area (Å²) in [6.45, 7) is 27.1. The molecule has 1 aromatic heterocycles. The fraction of sp³-hybridized carbons (Fsp3) is 0.386. The average Bonchev–Trinajstić information content (AvgIpc) is 3.02. The van der Waals surface area contributed by atoms with Crippen LogP contribution in [0.4, 0.5) is 0 Å². The molecule has 0 radical (unpaired) electrons. The molecular formula is C44H61N3. The van der Waals surface area contributed by atoms with Gasteiger partial charge in [0.15, 0.2) is 0 Å². The van der Waals surface area contributed by atoms with Gasteiger partial charge in [0.05, 0.1) is 0 Å². The Morgan fingerprint density at radius 2 is 0.553 bits per heavy atom. The first-order chi connectivity index (χ1) is 22.3. The minimum Gasteiger partial charge on any atom is -0.219 e. The Kier molecular flexibility index (Phi) is 19.5. The molecule has 5 rings (SSSR count). The van der Waals surface area contributed by atoms with E-state index in [2.05, 4.69) is 169 Å². The molecule has 0 amide bonds. The van der Waals surface area contributed by atoms with E-state index in [0.29, 0.717) is 0 Å². The van der Waals surface area contributed by atoms with E-state index in [1.807, 2.05) is 20.8 Å². The van der Waals surface area contributed by atoms with Crippen LogP contribution < -0.4 is 0 Å². The molecule has 3 nitrogen and oxygen atoms in total. The zero-order valence-corrected chi connectivity index (χ0v) is 31.8. The number of aryl methyl sites for hydroxylation is 13. The molecule has 4 aromatic carbocycles. The van der Waals surface area contributed by atoms with Crippen LogP contribution in [0.2, 0.25) is 0 Å². The van der Waals surface area contributed by atoms with Crippen LogP contribution in [0.15, 0.2) is 84.9 Å².